The summed E-state index contributed by atoms with van der Waals surface area (Å²) in [4.78, 5) is 18.1. The van der Waals surface area contributed by atoms with Crippen LogP contribution in [0.15, 0.2) is 23.4 Å². The van der Waals surface area contributed by atoms with Crippen molar-refractivity contribution in [3.63, 3.8) is 0 Å². The maximum atomic E-state index is 12.4. The fourth-order valence-electron chi connectivity index (χ4n) is 2.10. The van der Waals surface area contributed by atoms with E-state index in [9.17, 15) is 15.0 Å². The molecule has 1 aliphatic heterocycles. The van der Waals surface area contributed by atoms with Crippen molar-refractivity contribution in [1.29, 1.82) is 0 Å². The van der Waals surface area contributed by atoms with Gasteiger partial charge in [-0.3, -0.25) is 4.79 Å². The summed E-state index contributed by atoms with van der Waals surface area (Å²) in [6, 6.07) is 3.46. The SMILES string of the molecule is CSc1ncccc1C(=O)N1CCC(C)(O)C(O)C1. The first-order valence-corrected chi connectivity index (χ1v) is 7.37. The Bertz CT molecular complexity index is 479. The first kappa shape index (κ1) is 14.3. The largest absolute Gasteiger partial charge is 0.388 e. The second kappa shape index (κ2) is 5.48. The first-order valence-electron chi connectivity index (χ1n) is 6.14. The van der Waals surface area contributed by atoms with E-state index in [1.165, 1.54) is 11.8 Å². The molecule has 104 valence electrons. The lowest BCUT2D eigenvalue weighted by Gasteiger charge is -2.40. The van der Waals surface area contributed by atoms with Gasteiger partial charge in [0.1, 0.15) is 5.03 Å². The lowest BCUT2D eigenvalue weighted by atomic mass is 9.90. The molecule has 0 aliphatic carbocycles. The molecule has 1 aliphatic rings. The number of amides is 1. The minimum atomic E-state index is -1.12. The second-order valence-corrected chi connectivity index (χ2v) is 5.73. The molecule has 1 saturated heterocycles. The zero-order valence-corrected chi connectivity index (χ0v) is 11.9. The normalized spacial score (nSPS) is 27.4. The van der Waals surface area contributed by atoms with Crippen LogP contribution in [0.2, 0.25) is 0 Å². The highest BCUT2D eigenvalue weighted by molar-refractivity contribution is 7.98. The molecule has 0 spiro atoms. The summed E-state index contributed by atoms with van der Waals surface area (Å²) in [5.74, 6) is -0.146. The van der Waals surface area contributed by atoms with Gasteiger partial charge in [0.15, 0.2) is 0 Å². The molecule has 19 heavy (non-hydrogen) atoms. The third-order valence-corrected chi connectivity index (χ3v) is 4.19. The van der Waals surface area contributed by atoms with Gasteiger partial charge in [0.25, 0.3) is 5.91 Å². The average Bonchev–Trinajstić information content (AvgIpc) is 2.41. The van der Waals surface area contributed by atoms with Gasteiger partial charge in [0.05, 0.1) is 17.3 Å². The number of carbonyl (C=O) groups excluding carboxylic acids is 1. The van der Waals surface area contributed by atoms with Crippen LogP contribution < -0.4 is 0 Å². The first-order chi connectivity index (χ1) is 8.95. The summed E-state index contributed by atoms with van der Waals surface area (Å²) in [6.07, 6.45) is 2.97. The van der Waals surface area contributed by atoms with Gasteiger partial charge in [-0.25, -0.2) is 4.98 Å². The van der Waals surface area contributed by atoms with Crippen molar-refractivity contribution in [3.8, 4) is 0 Å². The van der Waals surface area contributed by atoms with E-state index in [0.29, 0.717) is 23.6 Å². The molecule has 1 amide bonds. The predicted molar refractivity (Wildman–Crippen MR) is 73.2 cm³/mol. The van der Waals surface area contributed by atoms with Crippen LogP contribution in [0.1, 0.15) is 23.7 Å². The number of aliphatic hydroxyl groups excluding tert-OH is 1. The molecule has 2 atom stereocenters. The summed E-state index contributed by atoms with van der Waals surface area (Å²) >= 11 is 1.42. The van der Waals surface area contributed by atoms with Crippen LogP contribution in [-0.2, 0) is 0 Å². The molecule has 0 aromatic carbocycles. The molecule has 1 aromatic heterocycles. The highest BCUT2D eigenvalue weighted by Crippen LogP contribution is 2.25. The number of aliphatic hydroxyl groups is 2. The molecule has 2 unspecified atom stereocenters. The maximum absolute atomic E-state index is 12.4. The molecule has 2 rings (SSSR count). The number of hydrogen-bond donors (Lipinski definition) is 2. The zero-order chi connectivity index (χ0) is 14.0. The van der Waals surface area contributed by atoms with Crippen molar-refractivity contribution in [2.45, 2.75) is 30.1 Å². The molecular formula is C13H18N2O3S. The highest BCUT2D eigenvalue weighted by Gasteiger charge is 2.38. The number of piperidine rings is 1. The van der Waals surface area contributed by atoms with Crippen molar-refractivity contribution >= 4 is 17.7 Å². The topological polar surface area (TPSA) is 73.7 Å². The van der Waals surface area contributed by atoms with Crippen molar-refractivity contribution < 1.29 is 15.0 Å². The smallest absolute Gasteiger partial charge is 0.256 e. The van der Waals surface area contributed by atoms with E-state index in [-0.39, 0.29) is 12.5 Å². The van der Waals surface area contributed by atoms with E-state index in [4.69, 9.17) is 0 Å². The Labute approximate surface area is 116 Å². The van der Waals surface area contributed by atoms with Crippen LogP contribution in [0.3, 0.4) is 0 Å². The molecule has 0 radical (unpaired) electrons. The zero-order valence-electron chi connectivity index (χ0n) is 11.0. The third kappa shape index (κ3) is 2.91. The lowest BCUT2D eigenvalue weighted by molar-refractivity contribution is -0.0999. The molecule has 2 N–H and O–H groups in total. The van der Waals surface area contributed by atoms with Gasteiger partial charge in [-0.15, -0.1) is 11.8 Å². The van der Waals surface area contributed by atoms with Gasteiger partial charge in [-0.05, 0) is 31.7 Å². The maximum Gasteiger partial charge on any atom is 0.256 e. The Morgan fingerprint density at radius 2 is 2.37 bits per heavy atom. The minimum Gasteiger partial charge on any atom is -0.388 e. The molecule has 2 heterocycles. The number of aromatic nitrogens is 1. The quantitative estimate of drug-likeness (QED) is 0.784. The summed E-state index contributed by atoms with van der Waals surface area (Å²) < 4.78 is 0. The summed E-state index contributed by atoms with van der Waals surface area (Å²) in [5.41, 5.74) is -0.572. The molecule has 1 aromatic rings. The van der Waals surface area contributed by atoms with E-state index in [2.05, 4.69) is 4.98 Å². The van der Waals surface area contributed by atoms with Gasteiger partial charge < -0.3 is 15.1 Å². The number of nitrogens with zero attached hydrogens (tertiary/aromatic N) is 2. The Balaban J connectivity index is 2.17. The molecule has 0 bridgehead atoms. The van der Waals surface area contributed by atoms with Gasteiger partial charge >= 0.3 is 0 Å². The van der Waals surface area contributed by atoms with Gasteiger partial charge in [0.2, 0.25) is 0 Å². The Morgan fingerprint density at radius 3 is 3.00 bits per heavy atom. The van der Waals surface area contributed by atoms with Gasteiger partial charge in [-0.1, -0.05) is 0 Å². The molecular weight excluding hydrogens is 264 g/mol. The average molecular weight is 282 g/mol. The van der Waals surface area contributed by atoms with Crippen molar-refractivity contribution in [1.82, 2.24) is 9.88 Å². The van der Waals surface area contributed by atoms with Crippen LogP contribution in [0.25, 0.3) is 0 Å². The third-order valence-electron chi connectivity index (χ3n) is 3.48. The van der Waals surface area contributed by atoms with Crippen LogP contribution in [-0.4, -0.2) is 57.1 Å². The van der Waals surface area contributed by atoms with Crippen LogP contribution in [0, 0.1) is 0 Å². The molecule has 6 heteroatoms. The van der Waals surface area contributed by atoms with Crippen LogP contribution in [0.5, 0.6) is 0 Å². The van der Waals surface area contributed by atoms with Crippen molar-refractivity contribution in [3.05, 3.63) is 23.9 Å². The molecule has 0 saturated carbocycles. The van der Waals surface area contributed by atoms with E-state index >= 15 is 0 Å². The van der Waals surface area contributed by atoms with E-state index in [1.807, 2.05) is 6.26 Å². The Morgan fingerprint density at radius 1 is 1.63 bits per heavy atom. The van der Waals surface area contributed by atoms with E-state index < -0.39 is 11.7 Å². The summed E-state index contributed by atoms with van der Waals surface area (Å²) in [6.45, 7) is 2.18. The van der Waals surface area contributed by atoms with Crippen LogP contribution >= 0.6 is 11.8 Å². The van der Waals surface area contributed by atoms with Gasteiger partial charge in [-0.2, -0.15) is 0 Å². The predicted octanol–water partition coefficient (Wildman–Crippen LogP) is 0.761. The standard InChI is InChI=1S/C13H18N2O3S/c1-13(18)5-7-15(8-10(13)16)12(17)9-4-3-6-14-11(9)19-2/h3-4,6,10,16,18H,5,7-8H2,1-2H3. The summed E-state index contributed by atoms with van der Waals surface area (Å²) in [5, 5.41) is 20.5. The number of thioether (sulfide) groups is 1. The lowest BCUT2D eigenvalue weighted by Crippen LogP contribution is -2.55. The Hall–Kier alpha value is -1.11. The number of rotatable bonds is 2. The molecule has 5 nitrogen and oxygen atoms in total. The van der Waals surface area contributed by atoms with Crippen LogP contribution in [0.4, 0.5) is 0 Å². The number of hydrogen-bond acceptors (Lipinski definition) is 5. The van der Waals surface area contributed by atoms with Gasteiger partial charge in [0, 0.05) is 19.3 Å². The molecule has 1 fully saturated rings. The monoisotopic (exact) mass is 282 g/mol. The van der Waals surface area contributed by atoms with E-state index in [0.717, 1.165) is 0 Å². The highest BCUT2D eigenvalue weighted by atomic mass is 32.2. The number of likely N-dealkylation sites (tertiary alicyclic amines) is 1. The number of β-amino-alcohol motifs (C(OH)–C–C–N with tert-alkyl or cyclic N) is 1. The number of carbonyl (C=O) groups is 1. The second-order valence-electron chi connectivity index (χ2n) is 4.93. The summed E-state index contributed by atoms with van der Waals surface area (Å²) in [7, 11) is 0. The van der Waals surface area contributed by atoms with Crippen molar-refractivity contribution in [2.75, 3.05) is 19.3 Å². The fraction of sp³-hybridized carbons (Fsp3) is 0.538. The number of pyridine rings is 1. The Kier molecular flexibility index (Phi) is 4.13. The van der Waals surface area contributed by atoms with E-state index in [1.54, 1.807) is 30.2 Å². The fourth-order valence-corrected chi connectivity index (χ4v) is 2.64. The van der Waals surface area contributed by atoms with Crippen molar-refractivity contribution in [2.24, 2.45) is 0 Å². The minimum absolute atomic E-state index is 0.146.